The molecule has 0 N–H and O–H groups in total. The lowest BCUT2D eigenvalue weighted by Gasteiger charge is -2.30. The third kappa shape index (κ3) is 1.64. The van der Waals surface area contributed by atoms with Gasteiger partial charge in [0.25, 0.3) is 0 Å². The Hall–Kier alpha value is -0.890. The van der Waals surface area contributed by atoms with Crippen molar-refractivity contribution in [1.29, 1.82) is 0 Å². The van der Waals surface area contributed by atoms with Crippen LogP contribution in [0, 0.1) is 5.82 Å². The van der Waals surface area contributed by atoms with Gasteiger partial charge in [0.1, 0.15) is 5.82 Å². The number of rotatable bonds is 2. The Balaban J connectivity index is 1.98. The normalized spacial score (nSPS) is 17.4. The highest BCUT2D eigenvalue weighted by atomic mass is 19.1. The van der Waals surface area contributed by atoms with Gasteiger partial charge in [0, 0.05) is 6.54 Å². The zero-order valence-corrected chi connectivity index (χ0v) is 6.96. The lowest BCUT2D eigenvalue weighted by molar-refractivity contribution is 0.172. The number of halogens is 1. The van der Waals surface area contributed by atoms with Crippen LogP contribution >= 0.6 is 0 Å². The summed E-state index contributed by atoms with van der Waals surface area (Å²) in [7, 11) is 0. The minimum atomic E-state index is -0.151. The third-order valence-electron chi connectivity index (χ3n) is 2.27. The smallest absolute Gasteiger partial charge is 0.123 e. The van der Waals surface area contributed by atoms with Gasteiger partial charge < -0.3 is 0 Å². The van der Waals surface area contributed by atoms with Crippen molar-refractivity contribution >= 4 is 0 Å². The zero-order valence-electron chi connectivity index (χ0n) is 6.96. The average Bonchev–Trinajstić information content (AvgIpc) is 2.00. The quantitative estimate of drug-likeness (QED) is 0.648. The van der Waals surface area contributed by atoms with Gasteiger partial charge in [-0.3, -0.25) is 4.90 Å². The van der Waals surface area contributed by atoms with Crippen LogP contribution < -0.4 is 0 Å². The molecule has 1 saturated heterocycles. The summed E-state index contributed by atoms with van der Waals surface area (Å²) in [6.45, 7) is 3.36. The van der Waals surface area contributed by atoms with Crippen LogP contribution in [-0.4, -0.2) is 18.0 Å². The number of nitrogens with zero attached hydrogens (tertiary/aromatic N) is 1. The summed E-state index contributed by atoms with van der Waals surface area (Å²) in [4.78, 5) is 2.35. The Bertz CT molecular complexity index is 251. The fourth-order valence-electron chi connectivity index (χ4n) is 1.39. The molecule has 1 heterocycles. The number of hydrogen-bond acceptors (Lipinski definition) is 1. The van der Waals surface area contributed by atoms with E-state index in [-0.39, 0.29) is 5.82 Å². The molecule has 0 amide bonds. The SMILES string of the molecule is Fc1ccc(CN2CCC2)cc1. The molecule has 0 unspecified atom stereocenters. The standard InChI is InChI=1S/C10H12FN/c11-10-4-2-9(3-5-10)8-12-6-1-7-12/h2-5H,1,6-8H2. The van der Waals surface area contributed by atoms with Gasteiger partial charge in [0.05, 0.1) is 0 Å². The minimum absolute atomic E-state index is 0.151. The van der Waals surface area contributed by atoms with Gasteiger partial charge in [0.15, 0.2) is 0 Å². The van der Waals surface area contributed by atoms with Crippen LogP contribution in [0.4, 0.5) is 4.39 Å². The molecule has 1 aromatic carbocycles. The largest absolute Gasteiger partial charge is 0.299 e. The summed E-state index contributed by atoms with van der Waals surface area (Å²) >= 11 is 0. The second-order valence-electron chi connectivity index (χ2n) is 3.26. The van der Waals surface area contributed by atoms with Crippen molar-refractivity contribution in [2.24, 2.45) is 0 Å². The van der Waals surface area contributed by atoms with Gasteiger partial charge >= 0.3 is 0 Å². The van der Waals surface area contributed by atoms with Crippen molar-refractivity contribution in [2.75, 3.05) is 13.1 Å². The molecule has 0 aliphatic carbocycles. The van der Waals surface area contributed by atoms with E-state index in [1.54, 1.807) is 0 Å². The van der Waals surface area contributed by atoms with Crippen molar-refractivity contribution in [2.45, 2.75) is 13.0 Å². The van der Waals surface area contributed by atoms with Crippen LogP contribution in [0.1, 0.15) is 12.0 Å². The molecule has 0 atom stereocenters. The average molecular weight is 165 g/mol. The van der Waals surface area contributed by atoms with Crippen molar-refractivity contribution in [3.63, 3.8) is 0 Å². The monoisotopic (exact) mass is 165 g/mol. The Kier molecular flexibility index (Phi) is 2.09. The van der Waals surface area contributed by atoms with E-state index in [0.29, 0.717) is 0 Å². The van der Waals surface area contributed by atoms with Gasteiger partial charge in [-0.15, -0.1) is 0 Å². The first kappa shape index (κ1) is 7.74. The van der Waals surface area contributed by atoms with Crippen molar-refractivity contribution < 1.29 is 4.39 Å². The molecule has 1 aliphatic rings. The van der Waals surface area contributed by atoms with Crippen LogP contribution in [0.3, 0.4) is 0 Å². The summed E-state index contributed by atoms with van der Waals surface area (Å²) in [5.74, 6) is -0.151. The molecule has 0 radical (unpaired) electrons. The Morgan fingerprint density at radius 1 is 1.17 bits per heavy atom. The first-order valence-electron chi connectivity index (χ1n) is 4.31. The van der Waals surface area contributed by atoms with Crippen molar-refractivity contribution in [3.8, 4) is 0 Å². The molecule has 12 heavy (non-hydrogen) atoms. The van der Waals surface area contributed by atoms with E-state index in [0.717, 1.165) is 6.54 Å². The molecule has 0 saturated carbocycles. The number of likely N-dealkylation sites (tertiary alicyclic amines) is 1. The van der Waals surface area contributed by atoms with Gasteiger partial charge in [-0.2, -0.15) is 0 Å². The highest BCUT2D eigenvalue weighted by Crippen LogP contribution is 2.12. The van der Waals surface area contributed by atoms with Gasteiger partial charge in [-0.05, 0) is 37.2 Å². The molecule has 0 bridgehead atoms. The van der Waals surface area contributed by atoms with E-state index in [1.807, 2.05) is 12.1 Å². The molecule has 1 nitrogen and oxygen atoms in total. The molecular formula is C10H12FN. The summed E-state index contributed by atoms with van der Waals surface area (Å²) < 4.78 is 12.5. The lowest BCUT2D eigenvalue weighted by atomic mass is 10.1. The first-order valence-corrected chi connectivity index (χ1v) is 4.31. The van der Waals surface area contributed by atoms with Crippen molar-refractivity contribution in [3.05, 3.63) is 35.6 Å². The molecule has 1 aromatic rings. The summed E-state index contributed by atoms with van der Waals surface area (Å²) in [5, 5.41) is 0. The van der Waals surface area contributed by atoms with Crippen LogP contribution in [-0.2, 0) is 6.54 Å². The van der Waals surface area contributed by atoms with Gasteiger partial charge in [0.2, 0.25) is 0 Å². The predicted molar refractivity (Wildman–Crippen MR) is 46.3 cm³/mol. The summed E-state index contributed by atoms with van der Waals surface area (Å²) in [5.41, 5.74) is 1.20. The molecule has 0 spiro atoms. The molecule has 64 valence electrons. The van der Waals surface area contributed by atoms with E-state index in [9.17, 15) is 4.39 Å². The Morgan fingerprint density at radius 3 is 2.33 bits per heavy atom. The van der Waals surface area contributed by atoms with Crippen molar-refractivity contribution in [1.82, 2.24) is 4.90 Å². The van der Waals surface area contributed by atoms with E-state index in [2.05, 4.69) is 4.90 Å². The van der Waals surface area contributed by atoms with E-state index in [4.69, 9.17) is 0 Å². The maximum atomic E-state index is 12.5. The molecule has 0 aromatic heterocycles. The maximum Gasteiger partial charge on any atom is 0.123 e. The molecule has 2 heteroatoms. The van der Waals surface area contributed by atoms with Gasteiger partial charge in [-0.1, -0.05) is 12.1 Å². The van der Waals surface area contributed by atoms with E-state index in [1.165, 1.54) is 37.2 Å². The number of hydrogen-bond donors (Lipinski definition) is 0. The van der Waals surface area contributed by atoms with Gasteiger partial charge in [-0.25, -0.2) is 4.39 Å². The second kappa shape index (κ2) is 3.23. The highest BCUT2D eigenvalue weighted by molar-refractivity contribution is 5.16. The fourth-order valence-corrected chi connectivity index (χ4v) is 1.39. The van der Waals surface area contributed by atoms with Crippen LogP contribution in [0.2, 0.25) is 0 Å². The maximum absolute atomic E-state index is 12.5. The Labute approximate surface area is 71.8 Å². The Morgan fingerprint density at radius 2 is 1.83 bits per heavy atom. The number of benzene rings is 1. The van der Waals surface area contributed by atoms with Crippen LogP contribution in [0.15, 0.2) is 24.3 Å². The lowest BCUT2D eigenvalue weighted by Crippen LogP contribution is -2.36. The second-order valence-corrected chi connectivity index (χ2v) is 3.26. The highest BCUT2D eigenvalue weighted by Gasteiger charge is 2.13. The summed E-state index contributed by atoms with van der Waals surface area (Å²) in [6.07, 6.45) is 1.31. The van der Waals surface area contributed by atoms with Crippen LogP contribution in [0.5, 0.6) is 0 Å². The predicted octanol–water partition coefficient (Wildman–Crippen LogP) is 2.03. The zero-order chi connectivity index (χ0) is 8.39. The van der Waals surface area contributed by atoms with E-state index < -0.39 is 0 Å². The van der Waals surface area contributed by atoms with Crippen LogP contribution in [0.25, 0.3) is 0 Å². The fraction of sp³-hybridized carbons (Fsp3) is 0.400. The molecular weight excluding hydrogens is 153 g/mol. The van der Waals surface area contributed by atoms with E-state index >= 15 is 0 Å². The summed E-state index contributed by atoms with van der Waals surface area (Å²) in [6, 6.07) is 6.76. The third-order valence-corrected chi connectivity index (χ3v) is 2.27. The minimum Gasteiger partial charge on any atom is -0.299 e. The topological polar surface area (TPSA) is 3.24 Å². The molecule has 2 rings (SSSR count). The first-order chi connectivity index (χ1) is 5.84. The molecule has 1 fully saturated rings. The molecule has 1 aliphatic heterocycles.